The van der Waals surface area contributed by atoms with Gasteiger partial charge in [0.15, 0.2) is 11.5 Å². The number of carbonyl (C=O) groups excluding carboxylic acids is 1. The van der Waals surface area contributed by atoms with Crippen molar-refractivity contribution in [1.82, 2.24) is 0 Å². The molecule has 0 aromatic heterocycles. The normalized spacial score (nSPS) is 15.5. The number of rotatable bonds is 4. The number of aliphatic imine (C=N–C) groups is 1. The summed E-state index contributed by atoms with van der Waals surface area (Å²) in [5.74, 6) is 0.00756. The molecule has 5 heteroatoms. The summed E-state index contributed by atoms with van der Waals surface area (Å²) in [7, 11) is 0. The lowest BCUT2D eigenvalue weighted by molar-refractivity contribution is 0.101. The molecule has 0 bridgehead atoms. The number of nitriles is 1. The first kappa shape index (κ1) is 17.6. The molecule has 1 N–H and O–H groups in total. The Hall–Kier alpha value is -3.26. The maximum atomic E-state index is 11.3. The second-order valence-corrected chi connectivity index (χ2v) is 6.92. The molecule has 1 heterocycles. The van der Waals surface area contributed by atoms with Gasteiger partial charge >= 0.3 is 0 Å². The van der Waals surface area contributed by atoms with Crippen molar-refractivity contribution in [2.24, 2.45) is 10.1 Å². The van der Waals surface area contributed by atoms with Crippen molar-refractivity contribution in [1.29, 1.82) is 5.26 Å². The Morgan fingerprint density at radius 2 is 1.88 bits per heavy atom. The van der Waals surface area contributed by atoms with Gasteiger partial charge in [0.2, 0.25) is 0 Å². The van der Waals surface area contributed by atoms with Gasteiger partial charge in [-0.3, -0.25) is 15.2 Å². The molecule has 5 nitrogen and oxygen atoms in total. The van der Waals surface area contributed by atoms with Crippen LogP contribution in [-0.2, 0) is 6.42 Å². The monoisotopic (exact) mass is 344 g/mol. The SMILES string of the molecule is CC(=O)c1ccc(NN=C(C#N)C2=NC(C)(C)Cc3ccccc32)cc1. The Morgan fingerprint density at radius 1 is 1.19 bits per heavy atom. The van der Waals surface area contributed by atoms with Crippen molar-refractivity contribution in [2.75, 3.05) is 5.43 Å². The topological polar surface area (TPSA) is 77.6 Å². The quantitative estimate of drug-likeness (QED) is 0.517. The first-order chi connectivity index (χ1) is 12.4. The minimum Gasteiger partial charge on any atom is -0.295 e. The second-order valence-electron chi connectivity index (χ2n) is 6.92. The van der Waals surface area contributed by atoms with Crippen LogP contribution in [0.25, 0.3) is 0 Å². The van der Waals surface area contributed by atoms with Gasteiger partial charge in [0.05, 0.1) is 11.2 Å². The second kappa shape index (κ2) is 6.93. The number of ketones is 1. The highest BCUT2D eigenvalue weighted by Gasteiger charge is 2.28. The number of hydrazone groups is 1. The molecule has 2 aromatic carbocycles. The van der Waals surface area contributed by atoms with E-state index in [1.54, 1.807) is 24.3 Å². The molecular weight excluding hydrogens is 324 g/mol. The van der Waals surface area contributed by atoms with E-state index in [4.69, 9.17) is 4.99 Å². The zero-order valence-corrected chi connectivity index (χ0v) is 15.1. The Bertz CT molecular complexity index is 947. The lowest BCUT2D eigenvalue weighted by Gasteiger charge is -2.28. The molecule has 0 atom stereocenters. The number of hydrogen-bond acceptors (Lipinski definition) is 5. The number of anilines is 1. The number of nitrogens with one attached hydrogen (secondary N) is 1. The number of hydrogen-bond donors (Lipinski definition) is 1. The van der Waals surface area contributed by atoms with E-state index in [0.29, 0.717) is 17.0 Å². The van der Waals surface area contributed by atoms with Crippen molar-refractivity contribution in [2.45, 2.75) is 32.7 Å². The van der Waals surface area contributed by atoms with Crippen LogP contribution in [0.5, 0.6) is 0 Å². The Morgan fingerprint density at radius 3 is 2.54 bits per heavy atom. The first-order valence-electron chi connectivity index (χ1n) is 8.43. The van der Waals surface area contributed by atoms with Crippen LogP contribution in [-0.4, -0.2) is 22.7 Å². The van der Waals surface area contributed by atoms with Crippen molar-refractivity contribution in [3.63, 3.8) is 0 Å². The number of carbonyl (C=O) groups is 1. The van der Waals surface area contributed by atoms with E-state index < -0.39 is 0 Å². The van der Waals surface area contributed by atoms with E-state index in [0.717, 1.165) is 17.5 Å². The highest BCUT2D eigenvalue weighted by Crippen LogP contribution is 2.27. The molecule has 0 unspecified atom stereocenters. The summed E-state index contributed by atoms with van der Waals surface area (Å²) in [4.78, 5) is 16.1. The average Bonchev–Trinajstić information content (AvgIpc) is 2.61. The molecule has 0 saturated heterocycles. The molecule has 1 aliphatic heterocycles. The summed E-state index contributed by atoms with van der Waals surface area (Å²) in [5.41, 5.74) is 6.89. The van der Waals surface area contributed by atoms with Crippen LogP contribution in [0.1, 0.15) is 42.3 Å². The molecule has 1 aliphatic rings. The highest BCUT2D eigenvalue weighted by atomic mass is 16.1. The maximum Gasteiger partial charge on any atom is 0.186 e. The minimum atomic E-state index is -0.287. The van der Waals surface area contributed by atoms with Gasteiger partial charge in [-0.05, 0) is 57.0 Å². The molecule has 0 amide bonds. The molecule has 3 rings (SSSR count). The van der Waals surface area contributed by atoms with Crippen molar-refractivity contribution >= 4 is 22.9 Å². The van der Waals surface area contributed by atoms with Crippen LogP contribution in [0.2, 0.25) is 0 Å². The van der Waals surface area contributed by atoms with E-state index in [1.807, 2.05) is 32.0 Å². The third kappa shape index (κ3) is 3.70. The fourth-order valence-electron chi connectivity index (χ4n) is 2.99. The van der Waals surface area contributed by atoms with Crippen LogP contribution in [0.15, 0.2) is 58.6 Å². The molecule has 0 spiro atoms. The van der Waals surface area contributed by atoms with Crippen LogP contribution in [0.3, 0.4) is 0 Å². The summed E-state index contributed by atoms with van der Waals surface area (Å²) in [6.07, 6.45) is 0.825. The fraction of sp³-hybridized carbons (Fsp3) is 0.238. The number of fused-ring (bicyclic) bond motifs is 1. The zero-order valence-electron chi connectivity index (χ0n) is 15.1. The van der Waals surface area contributed by atoms with Crippen molar-refractivity contribution < 1.29 is 4.79 Å². The van der Waals surface area contributed by atoms with Gasteiger partial charge in [-0.1, -0.05) is 24.3 Å². The van der Waals surface area contributed by atoms with Gasteiger partial charge in [0.1, 0.15) is 11.8 Å². The third-order valence-electron chi connectivity index (χ3n) is 4.23. The van der Waals surface area contributed by atoms with Gasteiger partial charge in [0, 0.05) is 11.1 Å². The molecular formula is C21H20N4O. The van der Waals surface area contributed by atoms with E-state index >= 15 is 0 Å². The molecule has 0 radical (unpaired) electrons. The largest absolute Gasteiger partial charge is 0.295 e. The van der Waals surface area contributed by atoms with Gasteiger partial charge in [-0.2, -0.15) is 10.4 Å². The third-order valence-corrected chi connectivity index (χ3v) is 4.23. The maximum absolute atomic E-state index is 11.3. The fourth-order valence-corrected chi connectivity index (χ4v) is 2.99. The predicted molar refractivity (Wildman–Crippen MR) is 104 cm³/mol. The lowest BCUT2D eigenvalue weighted by Crippen LogP contribution is -2.32. The average molecular weight is 344 g/mol. The highest BCUT2D eigenvalue weighted by molar-refractivity contribution is 6.54. The standard InChI is InChI=1S/C21H20N4O/c1-14(26)15-8-10-17(11-9-15)24-25-19(13-22)20-18-7-5-4-6-16(18)12-21(2,3)23-20/h4-11,24H,12H2,1-3H3. The van der Waals surface area contributed by atoms with Gasteiger partial charge in [0.25, 0.3) is 0 Å². The summed E-state index contributed by atoms with van der Waals surface area (Å²) in [5, 5.41) is 13.9. The molecule has 26 heavy (non-hydrogen) atoms. The van der Waals surface area contributed by atoms with Gasteiger partial charge in [-0.15, -0.1) is 0 Å². The minimum absolute atomic E-state index is 0.00756. The Balaban J connectivity index is 1.92. The van der Waals surface area contributed by atoms with E-state index in [2.05, 4.69) is 22.7 Å². The number of nitrogens with zero attached hydrogens (tertiary/aromatic N) is 3. The van der Waals surface area contributed by atoms with Crippen molar-refractivity contribution in [3.05, 3.63) is 65.2 Å². The zero-order chi connectivity index (χ0) is 18.7. The van der Waals surface area contributed by atoms with Crippen LogP contribution >= 0.6 is 0 Å². The Labute approximate surface area is 153 Å². The lowest BCUT2D eigenvalue weighted by atomic mass is 9.86. The van der Waals surface area contributed by atoms with E-state index in [1.165, 1.54) is 6.92 Å². The van der Waals surface area contributed by atoms with Crippen LogP contribution in [0.4, 0.5) is 5.69 Å². The molecule has 130 valence electrons. The molecule has 0 fully saturated rings. The number of Topliss-reactive ketones (excluding diaryl/α,β-unsaturated/α-hetero) is 1. The number of benzene rings is 2. The molecule has 0 aliphatic carbocycles. The summed E-state index contributed by atoms with van der Waals surface area (Å²) >= 11 is 0. The van der Waals surface area contributed by atoms with E-state index in [9.17, 15) is 10.1 Å². The Kier molecular flexibility index (Phi) is 4.68. The van der Waals surface area contributed by atoms with E-state index in [-0.39, 0.29) is 17.0 Å². The molecule has 0 saturated carbocycles. The van der Waals surface area contributed by atoms with Crippen LogP contribution in [0, 0.1) is 11.3 Å². The first-order valence-corrected chi connectivity index (χ1v) is 8.43. The summed E-state index contributed by atoms with van der Waals surface area (Å²) in [6.45, 7) is 5.62. The smallest absolute Gasteiger partial charge is 0.186 e. The predicted octanol–water partition coefficient (Wildman–Crippen LogP) is 4.00. The molecule has 2 aromatic rings. The van der Waals surface area contributed by atoms with Gasteiger partial charge < -0.3 is 0 Å². The van der Waals surface area contributed by atoms with Crippen LogP contribution < -0.4 is 5.43 Å². The summed E-state index contributed by atoms with van der Waals surface area (Å²) in [6, 6.07) is 17.1. The van der Waals surface area contributed by atoms with Gasteiger partial charge in [-0.25, -0.2) is 0 Å². The van der Waals surface area contributed by atoms with Crippen molar-refractivity contribution in [3.8, 4) is 6.07 Å². The summed E-state index contributed by atoms with van der Waals surface area (Å²) < 4.78 is 0.